The summed E-state index contributed by atoms with van der Waals surface area (Å²) in [6.45, 7) is 5.34. The lowest BCUT2D eigenvalue weighted by Gasteiger charge is -2.18. The fourth-order valence-corrected chi connectivity index (χ4v) is 1.06. The van der Waals surface area contributed by atoms with Gasteiger partial charge in [0, 0.05) is 0 Å². The SMILES string of the molecule is CC(C)(C)OC(=O)n1cc(NC(N)=S)cn1. The fourth-order valence-electron chi connectivity index (χ4n) is 0.938. The molecule has 6 nitrogen and oxygen atoms in total. The van der Waals surface area contributed by atoms with Crippen molar-refractivity contribution < 1.29 is 9.53 Å². The number of nitrogens with two attached hydrogens (primary N) is 1. The highest BCUT2D eigenvalue weighted by Crippen LogP contribution is 2.10. The van der Waals surface area contributed by atoms with Gasteiger partial charge in [-0.05, 0) is 33.0 Å². The quantitative estimate of drug-likeness (QED) is 0.723. The van der Waals surface area contributed by atoms with Gasteiger partial charge in [-0.25, -0.2) is 4.79 Å². The van der Waals surface area contributed by atoms with Gasteiger partial charge in [0.05, 0.1) is 18.1 Å². The van der Waals surface area contributed by atoms with Crippen LogP contribution < -0.4 is 11.1 Å². The minimum atomic E-state index is -0.556. The molecule has 0 atom stereocenters. The van der Waals surface area contributed by atoms with E-state index in [1.165, 1.54) is 12.4 Å². The van der Waals surface area contributed by atoms with Gasteiger partial charge in [0.2, 0.25) is 0 Å². The van der Waals surface area contributed by atoms with Crippen molar-refractivity contribution in [1.29, 1.82) is 0 Å². The molecule has 0 aliphatic heterocycles. The van der Waals surface area contributed by atoms with E-state index in [4.69, 9.17) is 10.5 Å². The molecule has 1 rings (SSSR count). The third kappa shape index (κ3) is 3.85. The predicted molar refractivity (Wildman–Crippen MR) is 64.3 cm³/mol. The highest BCUT2D eigenvalue weighted by molar-refractivity contribution is 7.80. The van der Waals surface area contributed by atoms with E-state index in [0.29, 0.717) is 5.69 Å². The largest absolute Gasteiger partial charge is 0.442 e. The van der Waals surface area contributed by atoms with Gasteiger partial charge < -0.3 is 15.8 Å². The number of carbonyl (C=O) groups is 1. The van der Waals surface area contributed by atoms with Crippen LogP contribution in [0.1, 0.15) is 20.8 Å². The maximum absolute atomic E-state index is 11.5. The van der Waals surface area contributed by atoms with Crippen LogP contribution in [0.15, 0.2) is 12.4 Å². The topological polar surface area (TPSA) is 82.2 Å². The van der Waals surface area contributed by atoms with Gasteiger partial charge in [-0.15, -0.1) is 0 Å². The Bertz CT molecular complexity index is 408. The molecule has 0 aliphatic carbocycles. The first-order valence-corrected chi connectivity index (χ1v) is 5.03. The van der Waals surface area contributed by atoms with E-state index < -0.39 is 11.7 Å². The molecular weight excluding hydrogens is 228 g/mol. The number of hydrogen-bond donors (Lipinski definition) is 2. The molecule has 3 N–H and O–H groups in total. The highest BCUT2D eigenvalue weighted by atomic mass is 32.1. The Kier molecular flexibility index (Phi) is 3.48. The Morgan fingerprint density at radius 3 is 2.75 bits per heavy atom. The molecule has 0 amide bonds. The molecule has 0 fully saturated rings. The molecule has 1 heterocycles. The zero-order chi connectivity index (χ0) is 12.3. The molecule has 1 aromatic heterocycles. The molecule has 0 aliphatic rings. The average Bonchev–Trinajstić information content (AvgIpc) is 2.48. The molecular formula is C9H14N4O2S. The molecule has 0 spiro atoms. The van der Waals surface area contributed by atoms with E-state index in [1.807, 2.05) is 0 Å². The molecule has 0 saturated heterocycles. The first kappa shape index (κ1) is 12.4. The van der Waals surface area contributed by atoms with Crippen molar-refractivity contribution in [3.8, 4) is 0 Å². The number of nitrogens with zero attached hydrogens (tertiary/aromatic N) is 2. The summed E-state index contributed by atoms with van der Waals surface area (Å²) in [6, 6.07) is 0. The number of anilines is 1. The van der Waals surface area contributed by atoms with Gasteiger partial charge in [0.15, 0.2) is 5.11 Å². The van der Waals surface area contributed by atoms with Crippen molar-refractivity contribution in [2.45, 2.75) is 26.4 Å². The monoisotopic (exact) mass is 242 g/mol. The van der Waals surface area contributed by atoms with E-state index in [1.54, 1.807) is 20.8 Å². The molecule has 16 heavy (non-hydrogen) atoms. The maximum atomic E-state index is 11.5. The summed E-state index contributed by atoms with van der Waals surface area (Å²) in [5.74, 6) is 0. The predicted octanol–water partition coefficient (Wildman–Crippen LogP) is 1.32. The maximum Gasteiger partial charge on any atom is 0.435 e. The first-order chi connectivity index (χ1) is 7.28. The second kappa shape index (κ2) is 4.48. The Hall–Kier alpha value is -1.63. The van der Waals surface area contributed by atoms with Crippen LogP contribution in [0.25, 0.3) is 0 Å². The second-order valence-corrected chi connectivity index (χ2v) is 4.58. The molecule has 7 heteroatoms. The molecule has 0 bridgehead atoms. The summed E-state index contributed by atoms with van der Waals surface area (Å²) in [7, 11) is 0. The van der Waals surface area contributed by atoms with Gasteiger partial charge in [0.25, 0.3) is 0 Å². The average molecular weight is 242 g/mol. The fraction of sp³-hybridized carbons (Fsp3) is 0.444. The van der Waals surface area contributed by atoms with Crippen molar-refractivity contribution in [2.75, 3.05) is 5.32 Å². The third-order valence-corrected chi connectivity index (χ3v) is 1.53. The van der Waals surface area contributed by atoms with E-state index in [0.717, 1.165) is 4.68 Å². The summed E-state index contributed by atoms with van der Waals surface area (Å²) in [6.07, 6.45) is 2.33. The molecule has 0 saturated carbocycles. The summed E-state index contributed by atoms with van der Waals surface area (Å²) < 4.78 is 6.19. The summed E-state index contributed by atoms with van der Waals surface area (Å²) in [4.78, 5) is 11.5. The van der Waals surface area contributed by atoms with Gasteiger partial charge in [0.1, 0.15) is 5.60 Å². The smallest absolute Gasteiger partial charge is 0.435 e. The lowest BCUT2D eigenvalue weighted by Crippen LogP contribution is -2.27. The van der Waals surface area contributed by atoms with Crippen LogP contribution in [0, 0.1) is 0 Å². The van der Waals surface area contributed by atoms with E-state index in [2.05, 4.69) is 22.6 Å². The minimum Gasteiger partial charge on any atom is -0.442 e. The Morgan fingerprint density at radius 2 is 2.25 bits per heavy atom. The zero-order valence-corrected chi connectivity index (χ0v) is 10.2. The summed E-state index contributed by atoms with van der Waals surface area (Å²) in [5, 5.41) is 6.59. The normalized spacial score (nSPS) is 10.9. The van der Waals surface area contributed by atoms with Crippen molar-refractivity contribution in [1.82, 2.24) is 9.78 Å². The Labute approximate surface area is 98.8 Å². The number of carbonyl (C=O) groups excluding carboxylic acids is 1. The zero-order valence-electron chi connectivity index (χ0n) is 9.35. The van der Waals surface area contributed by atoms with E-state index >= 15 is 0 Å². The minimum absolute atomic E-state index is 0.115. The Balaban J connectivity index is 2.71. The molecule has 0 aromatic carbocycles. The number of thiocarbonyl (C=S) groups is 1. The highest BCUT2D eigenvalue weighted by Gasteiger charge is 2.18. The number of hydrogen-bond acceptors (Lipinski definition) is 4. The van der Waals surface area contributed by atoms with Gasteiger partial charge in [-0.1, -0.05) is 0 Å². The number of aromatic nitrogens is 2. The van der Waals surface area contributed by atoms with Crippen molar-refractivity contribution in [2.24, 2.45) is 5.73 Å². The van der Waals surface area contributed by atoms with Crippen LogP contribution in [0.3, 0.4) is 0 Å². The van der Waals surface area contributed by atoms with Gasteiger partial charge in [-0.2, -0.15) is 9.78 Å². The van der Waals surface area contributed by atoms with Crippen molar-refractivity contribution in [3.63, 3.8) is 0 Å². The third-order valence-electron chi connectivity index (χ3n) is 1.43. The van der Waals surface area contributed by atoms with Crippen LogP contribution >= 0.6 is 12.2 Å². The number of ether oxygens (including phenoxy) is 1. The molecule has 0 unspecified atom stereocenters. The number of nitrogens with one attached hydrogen (secondary N) is 1. The summed E-state index contributed by atoms with van der Waals surface area (Å²) in [5.41, 5.74) is 5.26. The van der Waals surface area contributed by atoms with E-state index in [9.17, 15) is 4.79 Å². The van der Waals surface area contributed by atoms with Crippen LogP contribution in [-0.2, 0) is 4.74 Å². The van der Waals surface area contributed by atoms with Gasteiger partial charge in [-0.3, -0.25) is 0 Å². The van der Waals surface area contributed by atoms with Crippen molar-refractivity contribution >= 4 is 29.1 Å². The Morgan fingerprint density at radius 1 is 1.62 bits per heavy atom. The van der Waals surface area contributed by atoms with Crippen LogP contribution in [0.4, 0.5) is 10.5 Å². The van der Waals surface area contributed by atoms with E-state index in [-0.39, 0.29) is 5.11 Å². The first-order valence-electron chi connectivity index (χ1n) is 4.62. The summed E-state index contributed by atoms with van der Waals surface area (Å²) >= 11 is 4.65. The van der Waals surface area contributed by atoms with Crippen LogP contribution in [0.2, 0.25) is 0 Å². The molecule has 1 aromatic rings. The lowest BCUT2D eigenvalue weighted by molar-refractivity contribution is 0.0514. The van der Waals surface area contributed by atoms with Gasteiger partial charge >= 0.3 is 6.09 Å². The van der Waals surface area contributed by atoms with Crippen molar-refractivity contribution in [3.05, 3.63) is 12.4 Å². The second-order valence-electron chi connectivity index (χ2n) is 4.14. The number of rotatable bonds is 1. The van der Waals surface area contributed by atoms with Crippen LogP contribution in [0.5, 0.6) is 0 Å². The molecule has 0 radical (unpaired) electrons. The standard InChI is InChI=1S/C9H14N4O2S/c1-9(2,3)15-8(14)13-5-6(4-11-13)12-7(10)16/h4-5H,1-3H3,(H3,10,12,16). The van der Waals surface area contributed by atoms with Crippen LogP contribution in [-0.4, -0.2) is 26.6 Å². The molecule has 88 valence electrons. The lowest BCUT2D eigenvalue weighted by atomic mass is 10.2.